The Bertz CT molecular complexity index is 1190. The van der Waals surface area contributed by atoms with Gasteiger partial charge in [0.05, 0.1) is 5.69 Å². The fourth-order valence-corrected chi connectivity index (χ4v) is 3.96. The summed E-state index contributed by atoms with van der Waals surface area (Å²) in [5.41, 5.74) is 3.52. The molecule has 29 heavy (non-hydrogen) atoms. The molecule has 1 heteroatoms. The van der Waals surface area contributed by atoms with Crippen molar-refractivity contribution in [3.8, 4) is 0 Å². The van der Waals surface area contributed by atoms with Crippen LogP contribution < -0.4 is 0 Å². The third-order valence-electron chi connectivity index (χ3n) is 5.41. The highest BCUT2D eigenvalue weighted by Crippen LogP contribution is 2.35. The first-order valence-electron chi connectivity index (χ1n) is 9.95. The van der Waals surface area contributed by atoms with E-state index in [2.05, 4.69) is 121 Å². The maximum Gasteiger partial charge on any atom is 0.0782 e. The number of hydrogen-bond acceptors (Lipinski definition) is 1. The van der Waals surface area contributed by atoms with E-state index in [0.29, 0.717) is 0 Å². The molecule has 0 N–H and O–H groups in total. The summed E-state index contributed by atoms with van der Waals surface area (Å²) in [5.74, 6) is 0.107. The maximum atomic E-state index is 5.09. The molecule has 5 rings (SSSR count). The number of rotatable bonds is 4. The van der Waals surface area contributed by atoms with E-state index in [4.69, 9.17) is 4.99 Å². The predicted molar refractivity (Wildman–Crippen MR) is 124 cm³/mol. The normalized spacial score (nSPS) is 11.6. The van der Waals surface area contributed by atoms with E-state index in [9.17, 15) is 0 Å². The fourth-order valence-electron chi connectivity index (χ4n) is 3.96. The Labute approximate surface area is 171 Å². The van der Waals surface area contributed by atoms with Crippen LogP contribution in [0.5, 0.6) is 0 Å². The van der Waals surface area contributed by atoms with Gasteiger partial charge in [-0.2, -0.15) is 0 Å². The van der Waals surface area contributed by atoms with Gasteiger partial charge in [0.15, 0.2) is 0 Å². The molecule has 0 saturated carbocycles. The molecule has 0 bridgehead atoms. The second-order valence-electron chi connectivity index (χ2n) is 7.24. The zero-order valence-electron chi connectivity index (χ0n) is 16.1. The minimum absolute atomic E-state index is 0.107. The Morgan fingerprint density at radius 3 is 1.48 bits per heavy atom. The van der Waals surface area contributed by atoms with Gasteiger partial charge in [-0.3, -0.25) is 4.99 Å². The SMILES string of the molecule is C(=Nc1c2ccccc2cc2ccccc12)C(c1ccccc1)c1ccccc1. The van der Waals surface area contributed by atoms with E-state index in [1.807, 2.05) is 0 Å². The standard InChI is InChI=1S/C28H21N/c1-3-11-21(12-4-1)27(22-13-5-2-6-14-22)20-29-28-25-17-9-7-15-23(25)19-24-16-8-10-18-26(24)28/h1-20,27H. The molecule has 138 valence electrons. The van der Waals surface area contributed by atoms with Gasteiger partial charge < -0.3 is 0 Å². The minimum atomic E-state index is 0.107. The van der Waals surface area contributed by atoms with Crippen LogP contribution in [0.2, 0.25) is 0 Å². The molecule has 5 aromatic carbocycles. The fraction of sp³-hybridized carbons (Fsp3) is 0.0357. The van der Waals surface area contributed by atoms with Crippen LogP contribution in [0, 0.1) is 0 Å². The largest absolute Gasteiger partial charge is 0.259 e. The summed E-state index contributed by atoms with van der Waals surface area (Å²) < 4.78 is 0. The molecule has 0 unspecified atom stereocenters. The van der Waals surface area contributed by atoms with Crippen molar-refractivity contribution in [3.63, 3.8) is 0 Å². The Kier molecular flexibility index (Phi) is 4.63. The molecule has 0 aromatic heterocycles. The topological polar surface area (TPSA) is 12.4 Å². The molecule has 0 saturated heterocycles. The zero-order valence-corrected chi connectivity index (χ0v) is 16.1. The van der Waals surface area contributed by atoms with Gasteiger partial charge in [0.25, 0.3) is 0 Å². The van der Waals surface area contributed by atoms with Gasteiger partial charge in [-0.1, -0.05) is 109 Å². The molecule has 1 nitrogen and oxygen atoms in total. The van der Waals surface area contributed by atoms with Crippen molar-refractivity contribution in [2.45, 2.75) is 5.92 Å². The van der Waals surface area contributed by atoms with Gasteiger partial charge in [-0.05, 0) is 28.0 Å². The van der Waals surface area contributed by atoms with Crippen molar-refractivity contribution < 1.29 is 0 Å². The van der Waals surface area contributed by atoms with Crippen LogP contribution in [0.3, 0.4) is 0 Å². The highest BCUT2D eigenvalue weighted by molar-refractivity contribution is 6.10. The summed E-state index contributed by atoms with van der Waals surface area (Å²) in [4.78, 5) is 5.09. The predicted octanol–water partition coefficient (Wildman–Crippen LogP) is 7.53. The van der Waals surface area contributed by atoms with Crippen LogP contribution in [0.4, 0.5) is 5.69 Å². The average molecular weight is 371 g/mol. The van der Waals surface area contributed by atoms with E-state index < -0.39 is 0 Å². The molecule has 5 aromatic rings. The maximum absolute atomic E-state index is 5.09. The van der Waals surface area contributed by atoms with Crippen LogP contribution >= 0.6 is 0 Å². The van der Waals surface area contributed by atoms with Crippen molar-refractivity contribution >= 4 is 33.4 Å². The lowest BCUT2D eigenvalue weighted by atomic mass is 9.92. The summed E-state index contributed by atoms with van der Waals surface area (Å²) in [7, 11) is 0. The Morgan fingerprint density at radius 2 is 0.966 bits per heavy atom. The Morgan fingerprint density at radius 1 is 0.517 bits per heavy atom. The minimum Gasteiger partial charge on any atom is -0.259 e. The summed E-state index contributed by atoms with van der Waals surface area (Å²) >= 11 is 0. The van der Waals surface area contributed by atoms with E-state index in [1.54, 1.807) is 0 Å². The van der Waals surface area contributed by atoms with Crippen LogP contribution in [-0.2, 0) is 0 Å². The number of nitrogens with zero attached hydrogens (tertiary/aromatic N) is 1. The monoisotopic (exact) mass is 371 g/mol. The lowest BCUT2D eigenvalue weighted by molar-refractivity contribution is 1.10. The molecule has 0 heterocycles. The van der Waals surface area contributed by atoms with Crippen LogP contribution in [-0.4, -0.2) is 6.21 Å². The van der Waals surface area contributed by atoms with E-state index in [1.165, 1.54) is 32.7 Å². The average Bonchev–Trinajstić information content (AvgIpc) is 2.80. The molecule has 0 aliphatic heterocycles. The van der Waals surface area contributed by atoms with Crippen molar-refractivity contribution in [2.24, 2.45) is 4.99 Å². The van der Waals surface area contributed by atoms with Crippen molar-refractivity contribution in [2.75, 3.05) is 0 Å². The first-order valence-corrected chi connectivity index (χ1v) is 9.95. The van der Waals surface area contributed by atoms with Crippen LogP contribution in [0.15, 0.2) is 120 Å². The van der Waals surface area contributed by atoms with Gasteiger partial charge in [-0.15, -0.1) is 0 Å². The molecule has 0 fully saturated rings. The number of hydrogen-bond donors (Lipinski definition) is 0. The molecule has 0 radical (unpaired) electrons. The number of aliphatic imine (C=N–C) groups is 1. The van der Waals surface area contributed by atoms with Crippen LogP contribution in [0.25, 0.3) is 21.5 Å². The molecular formula is C28H21N. The van der Waals surface area contributed by atoms with E-state index >= 15 is 0 Å². The Balaban J connectivity index is 1.70. The first-order chi connectivity index (χ1) is 14.4. The quantitative estimate of drug-likeness (QED) is 0.229. The molecule has 0 aliphatic carbocycles. The van der Waals surface area contributed by atoms with Gasteiger partial charge >= 0.3 is 0 Å². The summed E-state index contributed by atoms with van der Waals surface area (Å²) in [5, 5.41) is 4.80. The van der Waals surface area contributed by atoms with Crippen molar-refractivity contribution in [1.29, 1.82) is 0 Å². The molecule has 0 aliphatic rings. The van der Waals surface area contributed by atoms with Gasteiger partial charge in [0, 0.05) is 22.9 Å². The van der Waals surface area contributed by atoms with Gasteiger partial charge in [-0.25, -0.2) is 0 Å². The molecule has 0 spiro atoms. The number of benzene rings is 5. The first kappa shape index (κ1) is 17.4. The lowest BCUT2D eigenvalue weighted by Gasteiger charge is -2.14. The third kappa shape index (κ3) is 3.43. The second-order valence-corrected chi connectivity index (χ2v) is 7.24. The van der Waals surface area contributed by atoms with E-state index in [0.717, 1.165) is 5.69 Å². The lowest BCUT2D eigenvalue weighted by Crippen LogP contribution is -2.02. The number of fused-ring (bicyclic) bond motifs is 2. The smallest absolute Gasteiger partial charge is 0.0782 e. The summed E-state index contributed by atoms with van der Waals surface area (Å²) in [6.07, 6.45) is 2.10. The molecule has 0 atom stereocenters. The molecular weight excluding hydrogens is 350 g/mol. The van der Waals surface area contributed by atoms with E-state index in [-0.39, 0.29) is 5.92 Å². The van der Waals surface area contributed by atoms with Crippen molar-refractivity contribution in [1.82, 2.24) is 0 Å². The highest BCUT2D eigenvalue weighted by Gasteiger charge is 2.12. The van der Waals surface area contributed by atoms with Crippen LogP contribution in [0.1, 0.15) is 17.0 Å². The van der Waals surface area contributed by atoms with Gasteiger partial charge in [0.2, 0.25) is 0 Å². The van der Waals surface area contributed by atoms with Gasteiger partial charge in [0.1, 0.15) is 0 Å². The summed E-state index contributed by atoms with van der Waals surface area (Å²) in [6.45, 7) is 0. The Hall–Kier alpha value is -3.71. The second kappa shape index (κ2) is 7.73. The highest BCUT2D eigenvalue weighted by atomic mass is 14.7. The third-order valence-corrected chi connectivity index (χ3v) is 5.41. The zero-order chi connectivity index (χ0) is 19.5. The summed E-state index contributed by atoms with van der Waals surface area (Å²) in [6, 6.07) is 40.4. The molecule has 0 amide bonds. The van der Waals surface area contributed by atoms with Crippen molar-refractivity contribution in [3.05, 3.63) is 126 Å².